The molecule has 3 rings (SSSR count). The van der Waals surface area contributed by atoms with Crippen LogP contribution in [0.25, 0.3) is 0 Å². The van der Waals surface area contributed by atoms with Gasteiger partial charge in [-0.3, -0.25) is 9.69 Å². The van der Waals surface area contributed by atoms with E-state index in [1.54, 1.807) is 0 Å². The first-order valence-corrected chi connectivity index (χ1v) is 9.52. The van der Waals surface area contributed by atoms with Crippen molar-refractivity contribution in [2.75, 3.05) is 39.3 Å². The molecular weight excluding hydrogens is 369 g/mol. The van der Waals surface area contributed by atoms with Gasteiger partial charge in [0.25, 0.3) is 0 Å². The maximum Gasteiger partial charge on any atom is 0.226 e. The molecule has 2 atom stereocenters. The van der Waals surface area contributed by atoms with E-state index in [1.807, 2.05) is 0 Å². The summed E-state index contributed by atoms with van der Waals surface area (Å²) in [6.45, 7) is 9.10. The SMILES string of the molecule is CCN(CC1CCN(Cc2ccccc2)C1)C(=O)C1CCCNC1.Cl.Cl. The Morgan fingerprint density at radius 1 is 1.23 bits per heavy atom. The Hall–Kier alpha value is -0.810. The first kappa shape index (κ1) is 23.2. The van der Waals surface area contributed by atoms with Crippen molar-refractivity contribution in [2.24, 2.45) is 11.8 Å². The predicted octanol–water partition coefficient (Wildman–Crippen LogP) is 3.20. The number of carbonyl (C=O) groups excluding carboxylic acids is 1. The van der Waals surface area contributed by atoms with E-state index in [0.29, 0.717) is 11.8 Å². The van der Waals surface area contributed by atoms with Gasteiger partial charge in [0.2, 0.25) is 5.91 Å². The second-order valence-electron chi connectivity index (χ2n) is 7.30. The fraction of sp³-hybridized carbons (Fsp3) is 0.650. The van der Waals surface area contributed by atoms with Crippen LogP contribution in [0.4, 0.5) is 0 Å². The molecule has 0 radical (unpaired) electrons. The highest BCUT2D eigenvalue weighted by molar-refractivity contribution is 5.85. The first-order valence-electron chi connectivity index (χ1n) is 9.52. The van der Waals surface area contributed by atoms with Crippen molar-refractivity contribution in [3.8, 4) is 0 Å². The van der Waals surface area contributed by atoms with E-state index in [-0.39, 0.29) is 30.7 Å². The maximum atomic E-state index is 12.8. The van der Waals surface area contributed by atoms with E-state index in [9.17, 15) is 4.79 Å². The van der Waals surface area contributed by atoms with E-state index in [0.717, 1.165) is 58.7 Å². The molecule has 0 aromatic heterocycles. The van der Waals surface area contributed by atoms with E-state index >= 15 is 0 Å². The number of hydrogen-bond donors (Lipinski definition) is 1. The molecule has 0 saturated carbocycles. The van der Waals surface area contributed by atoms with Gasteiger partial charge in [-0.25, -0.2) is 0 Å². The van der Waals surface area contributed by atoms with Gasteiger partial charge >= 0.3 is 0 Å². The van der Waals surface area contributed by atoms with Crippen LogP contribution in [0, 0.1) is 11.8 Å². The summed E-state index contributed by atoms with van der Waals surface area (Å²) < 4.78 is 0. The topological polar surface area (TPSA) is 35.6 Å². The number of nitrogens with zero attached hydrogens (tertiary/aromatic N) is 2. The Bertz CT molecular complexity index is 523. The number of nitrogens with one attached hydrogen (secondary N) is 1. The third-order valence-electron chi connectivity index (χ3n) is 5.44. The van der Waals surface area contributed by atoms with Crippen molar-refractivity contribution < 1.29 is 4.79 Å². The van der Waals surface area contributed by atoms with Crippen molar-refractivity contribution >= 4 is 30.7 Å². The molecule has 6 heteroatoms. The van der Waals surface area contributed by atoms with Crippen LogP contribution >= 0.6 is 24.8 Å². The number of benzene rings is 1. The molecular formula is C20H33Cl2N3O. The molecule has 1 amide bonds. The van der Waals surface area contributed by atoms with Crippen LogP contribution in [-0.2, 0) is 11.3 Å². The van der Waals surface area contributed by atoms with Crippen LogP contribution in [-0.4, -0.2) is 55.0 Å². The molecule has 4 nitrogen and oxygen atoms in total. The predicted molar refractivity (Wildman–Crippen MR) is 112 cm³/mol. The van der Waals surface area contributed by atoms with Gasteiger partial charge in [0.05, 0.1) is 5.92 Å². The Balaban J connectivity index is 0.00000169. The fourth-order valence-corrected chi connectivity index (χ4v) is 4.05. The largest absolute Gasteiger partial charge is 0.342 e. The van der Waals surface area contributed by atoms with Crippen molar-refractivity contribution in [3.05, 3.63) is 35.9 Å². The lowest BCUT2D eigenvalue weighted by Crippen LogP contribution is -2.44. The highest BCUT2D eigenvalue weighted by atomic mass is 35.5. The zero-order chi connectivity index (χ0) is 16.8. The van der Waals surface area contributed by atoms with Gasteiger partial charge in [-0.2, -0.15) is 0 Å². The highest BCUT2D eigenvalue weighted by Crippen LogP contribution is 2.21. The average molecular weight is 402 g/mol. The number of halogens is 2. The van der Waals surface area contributed by atoms with Crippen molar-refractivity contribution in [1.29, 1.82) is 0 Å². The number of piperidine rings is 1. The third kappa shape index (κ3) is 6.41. The number of carbonyl (C=O) groups is 1. The molecule has 148 valence electrons. The van der Waals surface area contributed by atoms with Crippen LogP contribution < -0.4 is 5.32 Å². The minimum absolute atomic E-state index is 0. The summed E-state index contributed by atoms with van der Waals surface area (Å²) in [6.07, 6.45) is 3.38. The minimum atomic E-state index is 0. The smallest absolute Gasteiger partial charge is 0.226 e. The van der Waals surface area contributed by atoms with Crippen LogP contribution in [0.2, 0.25) is 0 Å². The molecule has 2 aliphatic rings. The molecule has 2 aliphatic heterocycles. The van der Waals surface area contributed by atoms with Crippen LogP contribution in [0.15, 0.2) is 30.3 Å². The van der Waals surface area contributed by atoms with Gasteiger partial charge in [-0.15, -0.1) is 24.8 Å². The van der Waals surface area contributed by atoms with Crippen LogP contribution in [0.1, 0.15) is 31.7 Å². The van der Waals surface area contributed by atoms with Crippen molar-refractivity contribution in [2.45, 2.75) is 32.7 Å². The lowest BCUT2D eigenvalue weighted by Gasteiger charge is -2.30. The summed E-state index contributed by atoms with van der Waals surface area (Å²) in [7, 11) is 0. The Kier molecular flexibility index (Phi) is 10.6. The Morgan fingerprint density at radius 3 is 2.65 bits per heavy atom. The third-order valence-corrected chi connectivity index (χ3v) is 5.44. The number of rotatable bonds is 6. The normalized spacial score (nSPS) is 23.0. The van der Waals surface area contributed by atoms with E-state index < -0.39 is 0 Å². The first-order chi connectivity index (χ1) is 11.8. The van der Waals surface area contributed by atoms with Gasteiger partial charge < -0.3 is 10.2 Å². The molecule has 0 aliphatic carbocycles. The molecule has 2 unspecified atom stereocenters. The standard InChI is InChI=1S/C20H31N3O.2ClH/c1-2-23(20(24)19-9-6-11-21-13-19)16-18-10-12-22(15-18)14-17-7-4-3-5-8-17;;/h3-5,7-8,18-19,21H,2,6,9-16H2,1H3;2*1H. The molecule has 2 saturated heterocycles. The van der Waals surface area contributed by atoms with Crippen molar-refractivity contribution in [1.82, 2.24) is 15.1 Å². The lowest BCUT2D eigenvalue weighted by molar-refractivity contribution is -0.136. The van der Waals surface area contributed by atoms with Gasteiger partial charge in [0, 0.05) is 32.7 Å². The summed E-state index contributed by atoms with van der Waals surface area (Å²) in [5, 5.41) is 3.37. The molecule has 0 spiro atoms. The number of amides is 1. The summed E-state index contributed by atoms with van der Waals surface area (Å²) in [5.41, 5.74) is 1.38. The molecule has 1 N–H and O–H groups in total. The van der Waals surface area contributed by atoms with Crippen LogP contribution in [0.3, 0.4) is 0 Å². The van der Waals surface area contributed by atoms with E-state index in [4.69, 9.17) is 0 Å². The number of hydrogen-bond acceptors (Lipinski definition) is 3. The summed E-state index contributed by atoms with van der Waals surface area (Å²) in [5.74, 6) is 1.18. The minimum Gasteiger partial charge on any atom is -0.342 e. The zero-order valence-corrected chi connectivity index (χ0v) is 17.4. The zero-order valence-electron chi connectivity index (χ0n) is 15.7. The molecule has 1 aromatic carbocycles. The monoisotopic (exact) mass is 401 g/mol. The summed E-state index contributed by atoms with van der Waals surface area (Å²) in [4.78, 5) is 17.4. The fourth-order valence-electron chi connectivity index (χ4n) is 4.05. The lowest BCUT2D eigenvalue weighted by atomic mass is 9.97. The van der Waals surface area contributed by atoms with E-state index in [2.05, 4.69) is 52.4 Å². The number of likely N-dealkylation sites (tertiary alicyclic amines) is 1. The second kappa shape index (κ2) is 11.8. The summed E-state index contributed by atoms with van der Waals surface area (Å²) >= 11 is 0. The highest BCUT2D eigenvalue weighted by Gasteiger charge is 2.29. The molecule has 1 aromatic rings. The molecule has 2 fully saturated rings. The summed E-state index contributed by atoms with van der Waals surface area (Å²) in [6, 6.07) is 10.7. The Labute approximate surface area is 170 Å². The molecule has 0 bridgehead atoms. The molecule has 26 heavy (non-hydrogen) atoms. The molecule has 2 heterocycles. The van der Waals surface area contributed by atoms with Gasteiger partial charge in [0.1, 0.15) is 0 Å². The Morgan fingerprint density at radius 2 is 2.00 bits per heavy atom. The second-order valence-corrected chi connectivity index (χ2v) is 7.30. The van der Waals surface area contributed by atoms with Crippen molar-refractivity contribution in [3.63, 3.8) is 0 Å². The van der Waals surface area contributed by atoms with Crippen LogP contribution in [0.5, 0.6) is 0 Å². The van der Waals surface area contributed by atoms with Gasteiger partial charge in [0.15, 0.2) is 0 Å². The maximum absolute atomic E-state index is 12.8. The quantitative estimate of drug-likeness (QED) is 0.794. The van der Waals surface area contributed by atoms with Gasteiger partial charge in [-0.1, -0.05) is 30.3 Å². The van der Waals surface area contributed by atoms with E-state index in [1.165, 1.54) is 12.0 Å². The van der Waals surface area contributed by atoms with Gasteiger partial charge in [-0.05, 0) is 50.8 Å². The average Bonchev–Trinajstić information content (AvgIpc) is 3.07.